The van der Waals surface area contributed by atoms with Crippen molar-refractivity contribution in [3.05, 3.63) is 0 Å². The van der Waals surface area contributed by atoms with Crippen LogP contribution in [0.3, 0.4) is 0 Å². The fourth-order valence-corrected chi connectivity index (χ4v) is 3.91. The number of hydrogen-bond donors (Lipinski definition) is 1. The smallest absolute Gasteiger partial charge is 0.362 e. The molecule has 0 bridgehead atoms. The molecule has 4 heteroatoms. The molecule has 1 N–H and O–H groups in total. The minimum absolute atomic E-state index is 0.174. The summed E-state index contributed by atoms with van der Waals surface area (Å²) in [5.41, 5.74) is -0.485. The maximum atomic E-state index is 12.3. The molecule has 0 unspecified atom stereocenters. The van der Waals surface area contributed by atoms with Crippen LogP contribution in [0.15, 0.2) is 0 Å². The molecule has 0 radical (unpaired) electrons. The van der Waals surface area contributed by atoms with Gasteiger partial charge in [-0.05, 0) is 50.4 Å². The first-order valence-corrected chi connectivity index (χ1v) is 9.30. The van der Waals surface area contributed by atoms with Gasteiger partial charge in [0.25, 0.3) is 0 Å². The van der Waals surface area contributed by atoms with Gasteiger partial charge in [-0.2, -0.15) is 0 Å². The molecule has 1 fully saturated rings. The molecule has 1 aliphatic rings. The molecule has 0 aliphatic heterocycles. The Morgan fingerprint density at radius 3 is 2.16 bits per heavy atom. The molecular weight excluding hydrogens is 260 g/mol. The highest BCUT2D eigenvalue weighted by molar-refractivity contribution is 7.96. The van der Waals surface area contributed by atoms with Crippen molar-refractivity contribution >= 4 is 16.9 Å². The molecule has 19 heavy (non-hydrogen) atoms. The zero-order valence-corrected chi connectivity index (χ0v) is 13.8. The van der Waals surface area contributed by atoms with E-state index >= 15 is 0 Å². The Hall–Kier alpha value is -0.220. The Labute approximate surface area is 120 Å². The summed E-state index contributed by atoms with van der Waals surface area (Å²) < 4.78 is 5.48. The second-order valence-corrected chi connectivity index (χ2v) is 8.99. The van der Waals surface area contributed by atoms with Crippen LogP contribution in [0.4, 0.5) is 0 Å². The predicted octanol–water partition coefficient (Wildman–Crippen LogP) is 2.52. The van der Waals surface area contributed by atoms with Crippen molar-refractivity contribution < 1.29 is 14.6 Å². The van der Waals surface area contributed by atoms with Crippen LogP contribution in [0.2, 0.25) is 0 Å². The van der Waals surface area contributed by atoms with E-state index < -0.39 is 11.7 Å². The highest BCUT2D eigenvalue weighted by atomic mass is 32.2. The lowest BCUT2D eigenvalue weighted by Crippen LogP contribution is -2.47. The van der Waals surface area contributed by atoms with E-state index in [4.69, 9.17) is 4.74 Å². The second-order valence-electron chi connectivity index (χ2n) is 6.72. The summed E-state index contributed by atoms with van der Waals surface area (Å²) >= 11 is 0. The Morgan fingerprint density at radius 1 is 1.21 bits per heavy atom. The van der Waals surface area contributed by atoms with Crippen LogP contribution in [0, 0.1) is 5.92 Å². The summed E-state index contributed by atoms with van der Waals surface area (Å²) in [5, 5.41) is 10.2. The Bertz CT molecular complexity index is 290. The lowest BCUT2D eigenvalue weighted by molar-refractivity contribution is -0.157. The lowest BCUT2D eigenvalue weighted by Gasteiger charge is -2.30. The Kier molecular flexibility index (Phi) is 6.18. The summed E-state index contributed by atoms with van der Waals surface area (Å²) in [6, 6.07) is 0. The molecule has 0 spiro atoms. The first-order chi connectivity index (χ1) is 8.72. The molecule has 3 nitrogen and oxygen atoms in total. The number of carbonyl (C=O) groups excluding carboxylic acids is 1. The lowest BCUT2D eigenvalue weighted by atomic mass is 9.84. The summed E-state index contributed by atoms with van der Waals surface area (Å²) in [6.45, 7) is 5.62. The molecule has 0 saturated heterocycles. The molecule has 2 atom stereocenters. The fraction of sp³-hybridized carbons (Fsp3) is 0.933. The topological polar surface area (TPSA) is 46.5 Å². The number of aliphatic hydroxyl groups is 1. The summed E-state index contributed by atoms with van der Waals surface area (Å²) in [5.74, 6) is 0.0278. The van der Waals surface area contributed by atoms with E-state index in [1.54, 1.807) is 0 Å². The minimum Gasteiger partial charge on any atom is -0.456 e. The normalized spacial score (nSPS) is 21.2. The van der Waals surface area contributed by atoms with Crippen LogP contribution in [0.1, 0.15) is 52.9 Å². The van der Waals surface area contributed by atoms with Crippen LogP contribution in [0.25, 0.3) is 0 Å². The molecule has 0 amide bonds. The van der Waals surface area contributed by atoms with Crippen molar-refractivity contribution in [2.45, 2.75) is 69.8 Å². The van der Waals surface area contributed by atoms with Gasteiger partial charge >= 0.3 is 5.97 Å². The van der Waals surface area contributed by atoms with Gasteiger partial charge in [0.2, 0.25) is 5.25 Å². The van der Waals surface area contributed by atoms with E-state index in [2.05, 4.69) is 0 Å². The van der Waals surface area contributed by atoms with Gasteiger partial charge in [-0.25, -0.2) is 4.79 Å². The zero-order valence-electron chi connectivity index (χ0n) is 12.9. The number of hydrogen-bond acceptors (Lipinski definition) is 3. The molecular formula is C15H29O3S+. The molecule has 1 saturated carbocycles. The van der Waals surface area contributed by atoms with Crippen molar-refractivity contribution in [1.82, 2.24) is 0 Å². The first kappa shape index (κ1) is 16.8. The number of ether oxygens (including phenoxy) is 1. The van der Waals surface area contributed by atoms with Crippen LogP contribution < -0.4 is 0 Å². The average molecular weight is 289 g/mol. The van der Waals surface area contributed by atoms with Crippen molar-refractivity contribution in [1.29, 1.82) is 0 Å². The molecule has 1 rings (SSSR count). The largest absolute Gasteiger partial charge is 0.456 e. The monoisotopic (exact) mass is 289 g/mol. The van der Waals surface area contributed by atoms with Gasteiger partial charge in [0, 0.05) is 0 Å². The number of rotatable bonds is 4. The van der Waals surface area contributed by atoms with Gasteiger partial charge < -0.3 is 9.84 Å². The summed E-state index contributed by atoms with van der Waals surface area (Å²) in [6.07, 6.45) is 9.16. The maximum absolute atomic E-state index is 12.3. The van der Waals surface area contributed by atoms with Crippen molar-refractivity contribution in [2.24, 2.45) is 5.92 Å². The van der Waals surface area contributed by atoms with E-state index in [1.807, 2.05) is 33.3 Å². The van der Waals surface area contributed by atoms with E-state index in [9.17, 15) is 9.90 Å². The molecule has 1 aliphatic carbocycles. The Morgan fingerprint density at radius 2 is 1.74 bits per heavy atom. The van der Waals surface area contributed by atoms with Gasteiger partial charge in [0.05, 0.1) is 12.5 Å². The van der Waals surface area contributed by atoms with E-state index in [-0.39, 0.29) is 28.0 Å². The van der Waals surface area contributed by atoms with Crippen LogP contribution in [-0.4, -0.2) is 40.5 Å². The third-order valence-electron chi connectivity index (χ3n) is 3.59. The summed E-state index contributed by atoms with van der Waals surface area (Å²) in [7, 11) is -0.174. The highest BCUT2D eigenvalue weighted by Gasteiger charge is 2.44. The standard InChI is InChI=1S/C15H29O3S/c1-15(2,3)18-14(17)13(19(4)5)12(16)11-9-7-6-8-10-11/h11-13,16H,6-10H2,1-5H3/q+1/t12-,13-/m0/s1. The first-order valence-electron chi connectivity index (χ1n) is 7.19. The van der Waals surface area contributed by atoms with E-state index in [0.717, 1.165) is 12.8 Å². The molecule has 0 heterocycles. The number of aliphatic hydroxyl groups excluding tert-OH is 1. The second kappa shape index (κ2) is 6.98. The number of carbonyl (C=O) groups is 1. The molecule has 0 aromatic carbocycles. The van der Waals surface area contributed by atoms with Crippen LogP contribution in [0.5, 0.6) is 0 Å². The zero-order chi connectivity index (χ0) is 14.6. The fourth-order valence-electron chi connectivity index (χ4n) is 2.69. The highest BCUT2D eigenvalue weighted by Crippen LogP contribution is 2.30. The average Bonchev–Trinajstić information content (AvgIpc) is 2.27. The predicted molar refractivity (Wildman–Crippen MR) is 81.4 cm³/mol. The Balaban J connectivity index is 2.72. The van der Waals surface area contributed by atoms with Gasteiger partial charge in [0.15, 0.2) is 0 Å². The van der Waals surface area contributed by atoms with Crippen LogP contribution in [-0.2, 0) is 20.4 Å². The number of esters is 1. The maximum Gasteiger partial charge on any atom is 0.362 e. The van der Waals surface area contributed by atoms with Crippen molar-refractivity contribution in [3.8, 4) is 0 Å². The van der Waals surface area contributed by atoms with Gasteiger partial charge in [-0.1, -0.05) is 19.3 Å². The van der Waals surface area contributed by atoms with Gasteiger partial charge in [-0.3, -0.25) is 0 Å². The van der Waals surface area contributed by atoms with E-state index in [1.165, 1.54) is 19.3 Å². The third-order valence-corrected chi connectivity index (χ3v) is 5.08. The van der Waals surface area contributed by atoms with Crippen molar-refractivity contribution in [3.63, 3.8) is 0 Å². The quantitative estimate of drug-likeness (QED) is 0.639. The third kappa shape index (κ3) is 5.35. The summed E-state index contributed by atoms with van der Waals surface area (Å²) in [4.78, 5) is 12.3. The molecule has 112 valence electrons. The molecule has 0 aromatic heterocycles. The minimum atomic E-state index is -0.548. The van der Waals surface area contributed by atoms with Crippen molar-refractivity contribution in [2.75, 3.05) is 12.5 Å². The SMILES string of the molecule is C[S+](C)[C@H](C(=O)OC(C)(C)C)[C@@H](O)C1CCCCC1. The van der Waals surface area contributed by atoms with Gasteiger partial charge in [-0.15, -0.1) is 0 Å². The van der Waals surface area contributed by atoms with E-state index in [0.29, 0.717) is 0 Å². The van der Waals surface area contributed by atoms with Gasteiger partial charge in [0.1, 0.15) is 11.7 Å². The molecule has 0 aromatic rings. The van der Waals surface area contributed by atoms with Crippen LogP contribution >= 0.6 is 0 Å².